The van der Waals surface area contributed by atoms with Crippen molar-refractivity contribution in [1.29, 1.82) is 0 Å². The van der Waals surface area contributed by atoms with Gasteiger partial charge in [-0.05, 0) is 42.5 Å². The molecule has 2 aliphatic carbocycles. The van der Waals surface area contributed by atoms with Crippen LogP contribution in [0.25, 0.3) is 0 Å². The van der Waals surface area contributed by atoms with E-state index < -0.39 is 0 Å². The molecule has 2 N–H and O–H groups in total. The average Bonchev–Trinajstić information content (AvgIpc) is 3.50. The number of rotatable bonds is 9. The van der Waals surface area contributed by atoms with Gasteiger partial charge in [0.1, 0.15) is 0 Å². The van der Waals surface area contributed by atoms with E-state index in [1.165, 1.54) is 16.0 Å². The zero-order valence-corrected chi connectivity index (χ0v) is 19.4. The highest BCUT2D eigenvalue weighted by Crippen LogP contribution is 2.52. The minimum absolute atomic E-state index is 0.00592. The number of hydrogen-bond donors (Lipinski definition) is 2. The molecule has 172 valence electrons. The van der Waals surface area contributed by atoms with E-state index in [1.54, 1.807) is 7.05 Å². The van der Waals surface area contributed by atoms with Gasteiger partial charge in [0, 0.05) is 33.2 Å². The van der Waals surface area contributed by atoms with E-state index in [4.69, 9.17) is 0 Å². The van der Waals surface area contributed by atoms with Crippen LogP contribution in [0.5, 0.6) is 0 Å². The highest BCUT2D eigenvalue weighted by Gasteiger charge is 2.58. The average molecular weight is 438 g/mol. The molecule has 1 heterocycles. The second-order valence-corrected chi connectivity index (χ2v) is 8.96. The number of nitrogens with zero attached hydrogens (tertiary/aromatic N) is 3. The topological polar surface area (TPSA) is 77.0 Å². The maximum Gasteiger partial charge on any atom is 0.233 e. The summed E-state index contributed by atoms with van der Waals surface area (Å²) < 4.78 is 0. The van der Waals surface area contributed by atoms with Crippen LogP contribution in [0.1, 0.15) is 31.4 Å². The highest BCUT2D eigenvalue weighted by molar-refractivity contribution is 6.06. The van der Waals surface area contributed by atoms with Gasteiger partial charge in [-0.2, -0.15) is 0 Å². The summed E-state index contributed by atoms with van der Waals surface area (Å²) >= 11 is 0. The number of nitrogens with one attached hydrogen (secondary N) is 2. The van der Waals surface area contributed by atoms with Crippen molar-refractivity contribution < 1.29 is 9.59 Å². The number of amides is 2. The lowest BCUT2D eigenvalue weighted by molar-refractivity contribution is -0.140. The summed E-state index contributed by atoms with van der Waals surface area (Å²) in [7, 11) is 1.72. The first-order chi connectivity index (χ1) is 15.5. The summed E-state index contributed by atoms with van der Waals surface area (Å²) in [5.41, 5.74) is 2.49. The quantitative estimate of drug-likeness (QED) is 0.267. The second kappa shape index (κ2) is 9.86. The summed E-state index contributed by atoms with van der Waals surface area (Å²) in [6.45, 7) is 8.97. The smallest absolute Gasteiger partial charge is 0.233 e. The molecule has 2 fully saturated rings. The number of carbonyl (C=O) groups is 2. The van der Waals surface area contributed by atoms with E-state index in [0.717, 1.165) is 26.1 Å². The van der Waals surface area contributed by atoms with Gasteiger partial charge in [-0.3, -0.25) is 24.4 Å². The molecule has 1 aromatic rings. The third-order valence-electron chi connectivity index (χ3n) is 7.20. The number of benzene rings is 1. The molecule has 0 aromatic heterocycles. The van der Waals surface area contributed by atoms with Crippen molar-refractivity contribution in [3.63, 3.8) is 0 Å². The molecular formula is C25H35N5O2. The Balaban J connectivity index is 1.22. The molecule has 4 atom stereocenters. The standard InChI is InChI=1S/C25H35N5O2/c1-4-29(5-2)16-18-8-6-17(7-9-18)15-28-25(26-3)27-12-13-30-23(31)21-19-10-11-20(14-19)22(21)24(30)32/h6-11,19-22H,4-5,12-16H2,1-3H3,(H2,26,27,28). The molecule has 4 unspecified atom stereocenters. The van der Waals surface area contributed by atoms with Crippen molar-refractivity contribution in [2.75, 3.05) is 33.2 Å². The molecule has 3 aliphatic rings. The van der Waals surface area contributed by atoms with E-state index in [1.807, 2.05) is 0 Å². The van der Waals surface area contributed by atoms with Crippen molar-refractivity contribution in [2.24, 2.45) is 28.7 Å². The van der Waals surface area contributed by atoms with Crippen LogP contribution in [0.3, 0.4) is 0 Å². The van der Waals surface area contributed by atoms with Gasteiger partial charge in [-0.1, -0.05) is 50.3 Å². The molecule has 7 nitrogen and oxygen atoms in total. The summed E-state index contributed by atoms with van der Waals surface area (Å²) in [6.07, 6.45) is 5.22. The molecule has 2 bridgehead atoms. The minimum Gasteiger partial charge on any atom is -0.355 e. The van der Waals surface area contributed by atoms with Gasteiger partial charge in [0.25, 0.3) is 0 Å². The normalized spacial score (nSPS) is 26.4. The van der Waals surface area contributed by atoms with E-state index >= 15 is 0 Å². The highest BCUT2D eigenvalue weighted by atomic mass is 16.2. The monoisotopic (exact) mass is 437 g/mol. The van der Waals surface area contributed by atoms with Crippen molar-refractivity contribution in [1.82, 2.24) is 20.4 Å². The fourth-order valence-corrected chi connectivity index (χ4v) is 5.34. The van der Waals surface area contributed by atoms with E-state index in [-0.39, 0.29) is 35.5 Å². The Labute approximate surface area is 190 Å². The van der Waals surface area contributed by atoms with Gasteiger partial charge in [0.15, 0.2) is 5.96 Å². The molecule has 0 spiro atoms. The largest absolute Gasteiger partial charge is 0.355 e. The SMILES string of the molecule is CCN(CC)Cc1ccc(CNC(=NC)NCCN2C(=O)C3C4C=CC(C4)C3C2=O)cc1. The van der Waals surface area contributed by atoms with Crippen LogP contribution in [-0.2, 0) is 22.7 Å². The number of hydrogen-bond acceptors (Lipinski definition) is 4. The minimum atomic E-state index is -0.125. The lowest BCUT2D eigenvalue weighted by Gasteiger charge is -2.19. The van der Waals surface area contributed by atoms with Gasteiger partial charge in [-0.25, -0.2) is 0 Å². The number of imide groups is 1. The molecule has 1 aliphatic heterocycles. The van der Waals surface area contributed by atoms with Crippen molar-refractivity contribution >= 4 is 17.8 Å². The third-order valence-corrected chi connectivity index (χ3v) is 7.20. The Morgan fingerprint density at radius 3 is 2.16 bits per heavy atom. The fourth-order valence-electron chi connectivity index (χ4n) is 5.34. The van der Waals surface area contributed by atoms with E-state index in [0.29, 0.717) is 25.6 Å². The van der Waals surface area contributed by atoms with Crippen molar-refractivity contribution in [3.05, 3.63) is 47.5 Å². The number of likely N-dealkylation sites (tertiary alicyclic amines) is 1. The van der Waals surface area contributed by atoms with Gasteiger partial charge < -0.3 is 10.6 Å². The van der Waals surface area contributed by atoms with Crippen LogP contribution in [0.4, 0.5) is 0 Å². The molecular weight excluding hydrogens is 402 g/mol. The number of allylic oxidation sites excluding steroid dienone is 2. The van der Waals surface area contributed by atoms with E-state index in [9.17, 15) is 9.59 Å². The Kier molecular flexibility index (Phi) is 6.94. The maximum atomic E-state index is 12.8. The lowest BCUT2D eigenvalue weighted by Crippen LogP contribution is -2.43. The molecule has 4 rings (SSSR count). The molecule has 1 saturated carbocycles. The van der Waals surface area contributed by atoms with Gasteiger partial charge in [-0.15, -0.1) is 0 Å². The number of aliphatic imine (C=N–C) groups is 1. The van der Waals surface area contributed by atoms with Crippen LogP contribution in [0.2, 0.25) is 0 Å². The molecule has 32 heavy (non-hydrogen) atoms. The number of guanidine groups is 1. The zero-order valence-electron chi connectivity index (χ0n) is 19.4. The summed E-state index contributed by atoms with van der Waals surface area (Å²) in [5, 5.41) is 6.54. The Morgan fingerprint density at radius 1 is 1.00 bits per heavy atom. The van der Waals surface area contributed by atoms with E-state index in [2.05, 4.69) is 70.8 Å². The molecule has 7 heteroatoms. The molecule has 2 amide bonds. The Hall–Kier alpha value is -2.67. The maximum absolute atomic E-state index is 12.8. The van der Waals surface area contributed by atoms with Crippen molar-refractivity contribution in [3.8, 4) is 0 Å². The first-order valence-electron chi connectivity index (χ1n) is 11.8. The van der Waals surface area contributed by atoms with Gasteiger partial charge >= 0.3 is 0 Å². The fraction of sp³-hybridized carbons (Fsp3) is 0.560. The zero-order chi connectivity index (χ0) is 22.7. The van der Waals surface area contributed by atoms with Crippen LogP contribution < -0.4 is 10.6 Å². The van der Waals surface area contributed by atoms with Crippen LogP contribution in [0, 0.1) is 23.7 Å². The first-order valence-corrected chi connectivity index (χ1v) is 11.8. The second-order valence-electron chi connectivity index (χ2n) is 8.96. The predicted octanol–water partition coefficient (Wildman–Crippen LogP) is 2.00. The third kappa shape index (κ3) is 4.44. The number of fused-ring (bicyclic) bond motifs is 5. The Bertz CT molecular complexity index is 860. The predicted molar refractivity (Wildman–Crippen MR) is 126 cm³/mol. The van der Waals surface area contributed by atoms with Gasteiger partial charge in [0.05, 0.1) is 11.8 Å². The summed E-state index contributed by atoms with van der Waals surface area (Å²) in [6, 6.07) is 8.63. The molecule has 1 aromatic carbocycles. The van der Waals surface area contributed by atoms with Gasteiger partial charge in [0.2, 0.25) is 11.8 Å². The summed E-state index contributed by atoms with van der Waals surface area (Å²) in [4.78, 5) is 33.7. The summed E-state index contributed by atoms with van der Waals surface area (Å²) in [5.74, 6) is 0.940. The van der Waals surface area contributed by atoms with Crippen LogP contribution in [-0.4, -0.2) is 60.8 Å². The Morgan fingerprint density at radius 2 is 1.59 bits per heavy atom. The van der Waals surface area contributed by atoms with Crippen LogP contribution in [0.15, 0.2) is 41.4 Å². The molecule has 0 radical (unpaired) electrons. The molecule has 1 saturated heterocycles. The first kappa shape index (κ1) is 22.5. The lowest BCUT2D eigenvalue weighted by atomic mass is 9.85. The van der Waals surface area contributed by atoms with Crippen LogP contribution >= 0.6 is 0 Å². The van der Waals surface area contributed by atoms with Crippen molar-refractivity contribution in [2.45, 2.75) is 33.4 Å². The number of carbonyl (C=O) groups excluding carboxylic acids is 2.